The van der Waals surface area contributed by atoms with Crippen LogP contribution in [0.4, 0.5) is 5.82 Å². The van der Waals surface area contributed by atoms with Crippen molar-refractivity contribution >= 4 is 17.6 Å². The summed E-state index contributed by atoms with van der Waals surface area (Å²) in [6.07, 6.45) is 3.25. The maximum Gasteiger partial charge on any atom is 0.218 e. The Labute approximate surface area is 101 Å². The highest BCUT2D eigenvalue weighted by atomic mass is 32.2. The van der Waals surface area contributed by atoms with E-state index in [1.807, 2.05) is 31.7 Å². The first-order valence-electron chi connectivity index (χ1n) is 5.47. The van der Waals surface area contributed by atoms with E-state index in [-0.39, 0.29) is 0 Å². The van der Waals surface area contributed by atoms with Crippen LogP contribution in [0, 0.1) is 6.92 Å². The molecule has 0 amide bonds. The number of nitrogens with zero attached hydrogens (tertiary/aromatic N) is 2. The fourth-order valence-corrected chi connectivity index (χ4v) is 1.72. The van der Waals surface area contributed by atoms with Gasteiger partial charge in [0.25, 0.3) is 0 Å². The van der Waals surface area contributed by atoms with E-state index >= 15 is 0 Å². The molecule has 16 heavy (non-hydrogen) atoms. The third-order valence-electron chi connectivity index (χ3n) is 1.94. The van der Waals surface area contributed by atoms with Gasteiger partial charge < -0.3 is 10.1 Å². The summed E-state index contributed by atoms with van der Waals surface area (Å²) in [5.74, 6) is 3.38. The Kier molecular flexibility index (Phi) is 6.00. The summed E-state index contributed by atoms with van der Waals surface area (Å²) < 4.78 is 5.36. The Bertz CT molecular complexity index is 320. The predicted octanol–water partition coefficient (Wildman–Crippen LogP) is 2.35. The first-order chi connectivity index (χ1) is 7.76. The zero-order valence-electron chi connectivity index (χ0n) is 10.1. The lowest BCUT2D eigenvalue weighted by Gasteiger charge is -2.08. The topological polar surface area (TPSA) is 47.0 Å². The molecule has 5 heteroatoms. The third kappa shape index (κ3) is 4.70. The number of hydrogen-bond acceptors (Lipinski definition) is 5. The van der Waals surface area contributed by atoms with Crippen LogP contribution >= 0.6 is 11.8 Å². The van der Waals surface area contributed by atoms with Crippen LogP contribution in [0.1, 0.15) is 19.2 Å². The molecule has 0 aliphatic rings. The second-order valence-electron chi connectivity index (χ2n) is 3.34. The Balaban J connectivity index is 2.51. The van der Waals surface area contributed by atoms with Crippen LogP contribution in [-0.4, -0.2) is 35.1 Å². The van der Waals surface area contributed by atoms with E-state index in [1.54, 1.807) is 0 Å². The lowest BCUT2D eigenvalue weighted by atomic mass is 10.4. The number of aryl methyl sites for hydroxylation is 1. The fraction of sp³-hybridized carbons (Fsp3) is 0.636. The van der Waals surface area contributed by atoms with Crippen LogP contribution in [0.3, 0.4) is 0 Å². The maximum absolute atomic E-state index is 5.36. The lowest BCUT2D eigenvalue weighted by molar-refractivity contribution is 0.325. The average Bonchev–Trinajstić information content (AvgIpc) is 2.24. The summed E-state index contributed by atoms with van der Waals surface area (Å²) >= 11 is 1.85. The van der Waals surface area contributed by atoms with E-state index < -0.39 is 0 Å². The number of hydrogen-bond donors (Lipinski definition) is 1. The molecule has 1 aromatic rings. The molecule has 0 aromatic carbocycles. The summed E-state index contributed by atoms with van der Waals surface area (Å²) in [4.78, 5) is 8.50. The molecule has 1 N–H and O–H groups in total. The van der Waals surface area contributed by atoms with Gasteiger partial charge in [0, 0.05) is 12.6 Å². The maximum atomic E-state index is 5.36. The Morgan fingerprint density at radius 2 is 2.25 bits per heavy atom. The zero-order chi connectivity index (χ0) is 11.8. The number of rotatable bonds is 7. The van der Waals surface area contributed by atoms with E-state index in [9.17, 15) is 0 Å². The fourth-order valence-electron chi connectivity index (χ4n) is 1.29. The number of anilines is 1. The van der Waals surface area contributed by atoms with E-state index in [2.05, 4.69) is 21.5 Å². The molecule has 0 aliphatic carbocycles. The highest BCUT2D eigenvalue weighted by Crippen LogP contribution is 2.13. The van der Waals surface area contributed by atoms with Gasteiger partial charge in [0.15, 0.2) is 0 Å². The van der Waals surface area contributed by atoms with E-state index in [0.29, 0.717) is 12.5 Å². The molecule has 0 saturated carbocycles. The van der Waals surface area contributed by atoms with Crippen molar-refractivity contribution in [3.63, 3.8) is 0 Å². The molecule has 1 aromatic heterocycles. The van der Waals surface area contributed by atoms with Gasteiger partial charge in [-0.05, 0) is 32.3 Å². The van der Waals surface area contributed by atoms with E-state index in [4.69, 9.17) is 4.74 Å². The number of nitrogens with one attached hydrogen (secondary N) is 1. The summed E-state index contributed by atoms with van der Waals surface area (Å²) in [6.45, 7) is 5.38. The van der Waals surface area contributed by atoms with Gasteiger partial charge in [-0.2, -0.15) is 16.7 Å². The van der Waals surface area contributed by atoms with Gasteiger partial charge in [0.2, 0.25) is 5.88 Å². The van der Waals surface area contributed by atoms with Crippen LogP contribution in [0.15, 0.2) is 6.07 Å². The van der Waals surface area contributed by atoms with Gasteiger partial charge in [-0.3, -0.25) is 0 Å². The number of aromatic nitrogens is 2. The van der Waals surface area contributed by atoms with Gasteiger partial charge in [0.05, 0.1) is 6.61 Å². The SMILES string of the molecule is CCOc1cc(NCCCSC)nc(C)n1. The average molecular weight is 241 g/mol. The number of ether oxygens (including phenoxy) is 1. The minimum atomic E-state index is 0.627. The van der Waals surface area contributed by atoms with Gasteiger partial charge in [-0.1, -0.05) is 0 Å². The molecule has 90 valence electrons. The van der Waals surface area contributed by atoms with E-state index in [0.717, 1.165) is 30.4 Å². The molecule has 0 saturated heterocycles. The van der Waals surface area contributed by atoms with Crippen molar-refractivity contribution in [3.05, 3.63) is 11.9 Å². The third-order valence-corrected chi connectivity index (χ3v) is 2.63. The summed E-state index contributed by atoms with van der Waals surface area (Å²) in [5, 5.41) is 3.27. The summed E-state index contributed by atoms with van der Waals surface area (Å²) in [7, 11) is 0. The molecule has 4 nitrogen and oxygen atoms in total. The van der Waals surface area contributed by atoms with Gasteiger partial charge in [-0.25, -0.2) is 4.98 Å². The molecule has 0 radical (unpaired) electrons. The first-order valence-corrected chi connectivity index (χ1v) is 6.87. The quantitative estimate of drug-likeness (QED) is 0.742. The van der Waals surface area contributed by atoms with Crippen LogP contribution < -0.4 is 10.1 Å². The Morgan fingerprint density at radius 3 is 2.94 bits per heavy atom. The summed E-state index contributed by atoms with van der Waals surface area (Å²) in [5.41, 5.74) is 0. The molecule has 0 bridgehead atoms. The van der Waals surface area contributed by atoms with Crippen molar-refractivity contribution < 1.29 is 4.74 Å². The lowest BCUT2D eigenvalue weighted by Crippen LogP contribution is -2.06. The predicted molar refractivity (Wildman–Crippen MR) is 69.4 cm³/mol. The second kappa shape index (κ2) is 7.33. The molecule has 0 fully saturated rings. The second-order valence-corrected chi connectivity index (χ2v) is 4.33. The highest BCUT2D eigenvalue weighted by Gasteiger charge is 2.01. The molecule has 0 unspecified atom stereocenters. The first kappa shape index (κ1) is 13.1. The van der Waals surface area contributed by atoms with Crippen LogP contribution in [-0.2, 0) is 0 Å². The van der Waals surface area contributed by atoms with Crippen LogP contribution in [0.25, 0.3) is 0 Å². The highest BCUT2D eigenvalue weighted by molar-refractivity contribution is 7.98. The Hall–Kier alpha value is -0.970. The van der Waals surface area contributed by atoms with Crippen molar-refractivity contribution in [3.8, 4) is 5.88 Å². The molecular formula is C11H19N3OS. The molecule has 1 rings (SSSR count). The Morgan fingerprint density at radius 1 is 1.44 bits per heavy atom. The summed E-state index contributed by atoms with van der Waals surface area (Å²) in [6, 6.07) is 1.84. The van der Waals surface area contributed by atoms with Crippen molar-refractivity contribution in [2.75, 3.05) is 30.5 Å². The van der Waals surface area contributed by atoms with Crippen molar-refractivity contribution in [2.45, 2.75) is 20.3 Å². The molecule has 0 atom stereocenters. The van der Waals surface area contributed by atoms with Crippen molar-refractivity contribution in [1.82, 2.24) is 9.97 Å². The molecule has 0 spiro atoms. The van der Waals surface area contributed by atoms with Crippen LogP contribution in [0.2, 0.25) is 0 Å². The largest absolute Gasteiger partial charge is 0.478 e. The van der Waals surface area contributed by atoms with Gasteiger partial charge in [-0.15, -0.1) is 0 Å². The number of thioether (sulfide) groups is 1. The van der Waals surface area contributed by atoms with Crippen molar-refractivity contribution in [2.24, 2.45) is 0 Å². The molecule has 0 aliphatic heterocycles. The smallest absolute Gasteiger partial charge is 0.218 e. The van der Waals surface area contributed by atoms with Gasteiger partial charge >= 0.3 is 0 Å². The standard InChI is InChI=1S/C11H19N3OS/c1-4-15-11-8-10(13-9(2)14-11)12-6-5-7-16-3/h8H,4-7H2,1-3H3,(H,12,13,14). The zero-order valence-corrected chi connectivity index (χ0v) is 10.9. The monoisotopic (exact) mass is 241 g/mol. The normalized spacial score (nSPS) is 10.2. The minimum absolute atomic E-state index is 0.627. The minimum Gasteiger partial charge on any atom is -0.478 e. The molecular weight excluding hydrogens is 222 g/mol. The van der Waals surface area contributed by atoms with Crippen LogP contribution in [0.5, 0.6) is 5.88 Å². The molecule has 1 heterocycles. The van der Waals surface area contributed by atoms with E-state index in [1.165, 1.54) is 0 Å². The van der Waals surface area contributed by atoms with Crippen molar-refractivity contribution in [1.29, 1.82) is 0 Å². The van der Waals surface area contributed by atoms with Gasteiger partial charge in [0.1, 0.15) is 11.6 Å².